The fourth-order valence-corrected chi connectivity index (χ4v) is 2.85. The lowest BCUT2D eigenvalue weighted by Gasteiger charge is -2.27. The van der Waals surface area contributed by atoms with Crippen molar-refractivity contribution in [2.45, 2.75) is 31.5 Å². The highest BCUT2D eigenvalue weighted by molar-refractivity contribution is 14.1. The van der Waals surface area contributed by atoms with Gasteiger partial charge < -0.3 is 9.15 Å². The topological polar surface area (TPSA) is 22.4 Å². The SMILES string of the molecule is Brc1ccoc1C1CCCC(CI)O1. The van der Waals surface area contributed by atoms with E-state index in [-0.39, 0.29) is 6.10 Å². The van der Waals surface area contributed by atoms with Gasteiger partial charge >= 0.3 is 0 Å². The van der Waals surface area contributed by atoms with Crippen molar-refractivity contribution in [3.8, 4) is 0 Å². The molecule has 2 rings (SSSR count). The van der Waals surface area contributed by atoms with E-state index in [2.05, 4.69) is 38.5 Å². The van der Waals surface area contributed by atoms with Gasteiger partial charge in [-0.05, 0) is 41.3 Å². The van der Waals surface area contributed by atoms with Crippen molar-refractivity contribution in [3.05, 3.63) is 22.6 Å². The maximum absolute atomic E-state index is 5.93. The van der Waals surface area contributed by atoms with Crippen LogP contribution in [0.3, 0.4) is 0 Å². The van der Waals surface area contributed by atoms with Crippen LogP contribution in [0.25, 0.3) is 0 Å². The largest absolute Gasteiger partial charge is 0.465 e. The van der Waals surface area contributed by atoms with E-state index in [0.29, 0.717) is 6.10 Å². The smallest absolute Gasteiger partial charge is 0.146 e. The third-order valence-corrected chi connectivity index (χ3v) is 4.10. The van der Waals surface area contributed by atoms with Gasteiger partial charge in [-0.2, -0.15) is 0 Å². The number of hydrogen-bond donors (Lipinski definition) is 0. The molecule has 14 heavy (non-hydrogen) atoms. The van der Waals surface area contributed by atoms with Crippen molar-refractivity contribution in [2.75, 3.05) is 4.43 Å². The quantitative estimate of drug-likeness (QED) is 0.578. The van der Waals surface area contributed by atoms with Crippen LogP contribution >= 0.6 is 38.5 Å². The molecule has 1 aliphatic heterocycles. The van der Waals surface area contributed by atoms with E-state index in [1.54, 1.807) is 6.26 Å². The second kappa shape index (κ2) is 4.99. The van der Waals surface area contributed by atoms with E-state index in [0.717, 1.165) is 21.1 Å². The highest BCUT2D eigenvalue weighted by Gasteiger charge is 2.26. The Morgan fingerprint density at radius 1 is 1.50 bits per heavy atom. The molecule has 1 fully saturated rings. The summed E-state index contributed by atoms with van der Waals surface area (Å²) in [5, 5.41) is 0. The van der Waals surface area contributed by atoms with E-state index < -0.39 is 0 Å². The Bertz CT molecular complexity index is 300. The summed E-state index contributed by atoms with van der Waals surface area (Å²) in [6, 6.07) is 1.92. The summed E-state index contributed by atoms with van der Waals surface area (Å²) in [6.45, 7) is 0. The molecule has 4 heteroatoms. The molecule has 0 spiro atoms. The number of rotatable bonds is 2. The molecule has 2 atom stereocenters. The van der Waals surface area contributed by atoms with Crippen LogP contribution in [0.5, 0.6) is 0 Å². The van der Waals surface area contributed by atoms with Gasteiger partial charge in [0.25, 0.3) is 0 Å². The van der Waals surface area contributed by atoms with Crippen molar-refractivity contribution in [1.29, 1.82) is 0 Å². The van der Waals surface area contributed by atoms with E-state index in [4.69, 9.17) is 9.15 Å². The van der Waals surface area contributed by atoms with Crippen molar-refractivity contribution in [1.82, 2.24) is 0 Å². The van der Waals surface area contributed by atoms with Crippen molar-refractivity contribution >= 4 is 38.5 Å². The number of ether oxygens (including phenoxy) is 1. The minimum atomic E-state index is 0.146. The molecular formula is C10H12BrIO2. The molecule has 2 nitrogen and oxygen atoms in total. The maximum Gasteiger partial charge on any atom is 0.146 e. The zero-order chi connectivity index (χ0) is 9.97. The van der Waals surface area contributed by atoms with Crippen LogP contribution in [0.4, 0.5) is 0 Å². The van der Waals surface area contributed by atoms with Gasteiger partial charge in [-0.25, -0.2) is 0 Å². The second-order valence-electron chi connectivity index (χ2n) is 3.46. The molecule has 0 saturated carbocycles. The Morgan fingerprint density at radius 3 is 3.00 bits per heavy atom. The van der Waals surface area contributed by atoms with Gasteiger partial charge in [-0.1, -0.05) is 22.6 Å². The Morgan fingerprint density at radius 2 is 2.36 bits per heavy atom. The standard InChI is InChI=1S/C10H12BrIO2/c11-8-4-5-13-10(8)9-3-1-2-7(6-12)14-9/h4-5,7,9H,1-3,6H2. The summed E-state index contributed by atoms with van der Waals surface area (Å²) < 4.78 is 13.4. The molecule has 1 saturated heterocycles. The van der Waals surface area contributed by atoms with E-state index >= 15 is 0 Å². The van der Waals surface area contributed by atoms with Crippen LogP contribution in [0.15, 0.2) is 21.2 Å². The van der Waals surface area contributed by atoms with Crippen molar-refractivity contribution < 1.29 is 9.15 Å². The van der Waals surface area contributed by atoms with Crippen LogP contribution in [-0.4, -0.2) is 10.5 Å². The molecule has 0 radical (unpaired) electrons. The fourth-order valence-electron chi connectivity index (χ4n) is 1.74. The predicted molar refractivity (Wildman–Crippen MR) is 66.8 cm³/mol. The van der Waals surface area contributed by atoms with Crippen molar-refractivity contribution in [2.24, 2.45) is 0 Å². The zero-order valence-corrected chi connectivity index (χ0v) is 11.5. The van der Waals surface area contributed by atoms with E-state index in [1.807, 2.05) is 6.07 Å². The average Bonchev–Trinajstić information content (AvgIpc) is 2.65. The number of halogens is 2. The highest BCUT2D eigenvalue weighted by atomic mass is 127. The van der Waals surface area contributed by atoms with Gasteiger partial charge in [-0.15, -0.1) is 0 Å². The summed E-state index contributed by atoms with van der Waals surface area (Å²) in [7, 11) is 0. The number of furan rings is 1. The first-order valence-corrected chi connectivity index (χ1v) is 7.07. The molecular weight excluding hydrogens is 359 g/mol. The molecule has 2 heterocycles. The van der Waals surface area contributed by atoms with E-state index in [1.165, 1.54) is 12.8 Å². The predicted octanol–water partition coefficient (Wildman–Crippen LogP) is 4.09. The normalized spacial score (nSPS) is 27.9. The Hall–Kier alpha value is 0.450. The third kappa shape index (κ3) is 2.33. The molecule has 0 aromatic carbocycles. The molecule has 78 valence electrons. The lowest BCUT2D eigenvalue weighted by atomic mass is 10.0. The Labute approximate surface area is 106 Å². The minimum Gasteiger partial charge on any atom is -0.465 e. The third-order valence-electron chi connectivity index (χ3n) is 2.46. The monoisotopic (exact) mass is 370 g/mol. The van der Waals surface area contributed by atoms with E-state index in [9.17, 15) is 0 Å². The summed E-state index contributed by atoms with van der Waals surface area (Å²) in [5.41, 5.74) is 0. The molecule has 0 aliphatic carbocycles. The Kier molecular flexibility index (Phi) is 3.90. The van der Waals surface area contributed by atoms with Gasteiger partial charge in [0, 0.05) is 4.43 Å². The van der Waals surface area contributed by atoms with Crippen LogP contribution < -0.4 is 0 Å². The van der Waals surface area contributed by atoms with Crippen molar-refractivity contribution in [3.63, 3.8) is 0 Å². The molecule has 0 bridgehead atoms. The molecule has 1 aromatic heterocycles. The second-order valence-corrected chi connectivity index (χ2v) is 5.20. The molecule has 1 aromatic rings. The summed E-state index contributed by atoms with van der Waals surface area (Å²) in [6.07, 6.45) is 5.72. The van der Waals surface area contributed by atoms with Gasteiger partial charge in [0.1, 0.15) is 11.9 Å². The highest BCUT2D eigenvalue weighted by Crippen LogP contribution is 2.35. The van der Waals surface area contributed by atoms with Gasteiger partial charge in [-0.3, -0.25) is 0 Å². The lowest BCUT2D eigenvalue weighted by Crippen LogP contribution is -2.23. The molecule has 0 amide bonds. The number of alkyl halides is 1. The molecule has 0 N–H and O–H groups in total. The minimum absolute atomic E-state index is 0.146. The first-order valence-electron chi connectivity index (χ1n) is 4.75. The summed E-state index contributed by atoms with van der Waals surface area (Å²) in [5.74, 6) is 0.944. The zero-order valence-electron chi connectivity index (χ0n) is 7.71. The summed E-state index contributed by atoms with van der Waals surface area (Å²) in [4.78, 5) is 0. The summed E-state index contributed by atoms with van der Waals surface area (Å²) >= 11 is 5.84. The maximum atomic E-state index is 5.93. The van der Waals surface area contributed by atoms with Crippen LogP contribution in [0.2, 0.25) is 0 Å². The van der Waals surface area contributed by atoms with Gasteiger partial charge in [0.05, 0.1) is 16.8 Å². The van der Waals surface area contributed by atoms with Crippen LogP contribution in [0.1, 0.15) is 31.1 Å². The van der Waals surface area contributed by atoms with Crippen LogP contribution in [-0.2, 0) is 4.74 Å². The van der Waals surface area contributed by atoms with Gasteiger partial charge in [0.2, 0.25) is 0 Å². The first-order chi connectivity index (χ1) is 6.81. The number of hydrogen-bond acceptors (Lipinski definition) is 2. The molecule has 2 unspecified atom stereocenters. The molecule has 1 aliphatic rings. The Balaban J connectivity index is 2.08. The van der Waals surface area contributed by atoms with Gasteiger partial charge in [0.15, 0.2) is 0 Å². The fraction of sp³-hybridized carbons (Fsp3) is 0.600. The average molecular weight is 371 g/mol. The first kappa shape index (κ1) is 11.0. The van der Waals surface area contributed by atoms with Crippen LogP contribution in [0, 0.1) is 0 Å². The lowest BCUT2D eigenvalue weighted by molar-refractivity contribution is -0.0481.